The number of hydrogen-bond donors (Lipinski definition) is 1. The number of hydrogen-bond acceptors (Lipinski definition) is 5. The molecule has 0 aliphatic carbocycles. The zero-order valence-electron chi connectivity index (χ0n) is 10.5. The summed E-state index contributed by atoms with van der Waals surface area (Å²) in [6.07, 6.45) is 1.62. The fourth-order valence-corrected chi connectivity index (χ4v) is 2.19. The molecule has 0 aliphatic heterocycles. The summed E-state index contributed by atoms with van der Waals surface area (Å²) in [4.78, 5) is 11.4. The molecule has 1 N–H and O–H groups in total. The molecule has 0 fully saturated rings. The maximum atomic E-state index is 11.4. The summed E-state index contributed by atoms with van der Waals surface area (Å²) in [6, 6.07) is 7.19. The van der Waals surface area contributed by atoms with Crippen molar-refractivity contribution in [3.8, 4) is 11.5 Å². The second-order valence-electron chi connectivity index (χ2n) is 3.73. The summed E-state index contributed by atoms with van der Waals surface area (Å²) in [5.74, 6) is 0.426. The SMILES string of the molecule is C=CCNC(=O)CSc1nnc(-c2ccccc2Cl)o1. The highest BCUT2D eigenvalue weighted by Gasteiger charge is 2.12. The molecule has 0 bridgehead atoms. The predicted octanol–water partition coefficient (Wildman–Crippen LogP) is 2.78. The second kappa shape index (κ2) is 7.12. The van der Waals surface area contributed by atoms with Crippen LogP contribution in [0, 0.1) is 0 Å². The third-order valence-corrected chi connectivity index (χ3v) is 3.43. The number of amides is 1. The summed E-state index contributed by atoms with van der Waals surface area (Å²) < 4.78 is 5.46. The highest BCUT2D eigenvalue weighted by molar-refractivity contribution is 7.99. The molecule has 0 saturated carbocycles. The van der Waals surface area contributed by atoms with Crippen LogP contribution >= 0.6 is 23.4 Å². The fourth-order valence-electron chi connectivity index (χ4n) is 1.38. The van der Waals surface area contributed by atoms with E-state index < -0.39 is 0 Å². The van der Waals surface area contributed by atoms with E-state index >= 15 is 0 Å². The highest BCUT2D eigenvalue weighted by atomic mass is 35.5. The van der Waals surface area contributed by atoms with Crippen molar-refractivity contribution in [2.24, 2.45) is 0 Å². The topological polar surface area (TPSA) is 68.0 Å². The van der Waals surface area contributed by atoms with E-state index in [0.29, 0.717) is 28.2 Å². The molecule has 2 rings (SSSR count). The molecule has 104 valence electrons. The highest BCUT2D eigenvalue weighted by Crippen LogP contribution is 2.28. The lowest BCUT2D eigenvalue weighted by Gasteiger charge is -1.99. The molecule has 5 nitrogen and oxygen atoms in total. The minimum absolute atomic E-state index is 0.118. The van der Waals surface area contributed by atoms with Crippen molar-refractivity contribution in [2.45, 2.75) is 5.22 Å². The number of carbonyl (C=O) groups excluding carboxylic acids is 1. The fraction of sp³-hybridized carbons (Fsp3) is 0.154. The monoisotopic (exact) mass is 309 g/mol. The largest absolute Gasteiger partial charge is 0.411 e. The first-order valence-corrected chi connectivity index (χ1v) is 7.16. The van der Waals surface area contributed by atoms with Crippen molar-refractivity contribution in [3.63, 3.8) is 0 Å². The van der Waals surface area contributed by atoms with Crippen LogP contribution < -0.4 is 5.32 Å². The maximum Gasteiger partial charge on any atom is 0.277 e. The van der Waals surface area contributed by atoms with Crippen molar-refractivity contribution in [1.29, 1.82) is 0 Å². The van der Waals surface area contributed by atoms with Gasteiger partial charge in [-0.05, 0) is 12.1 Å². The van der Waals surface area contributed by atoms with Crippen LogP contribution in [0.25, 0.3) is 11.5 Å². The number of aromatic nitrogens is 2. The summed E-state index contributed by atoms with van der Waals surface area (Å²) in [6.45, 7) is 3.96. The van der Waals surface area contributed by atoms with E-state index in [0.717, 1.165) is 0 Å². The van der Waals surface area contributed by atoms with Gasteiger partial charge in [0.25, 0.3) is 5.22 Å². The van der Waals surface area contributed by atoms with Gasteiger partial charge in [-0.25, -0.2) is 0 Å². The van der Waals surface area contributed by atoms with Gasteiger partial charge in [0, 0.05) is 6.54 Å². The van der Waals surface area contributed by atoms with Crippen LogP contribution in [-0.2, 0) is 4.79 Å². The Morgan fingerprint density at radius 3 is 3.00 bits per heavy atom. The molecular formula is C13H12ClN3O2S. The van der Waals surface area contributed by atoms with Crippen LogP contribution in [0.5, 0.6) is 0 Å². The molecule has 0 spiro atoms. The average Bonchev–Trinajstić information content (AvgIpc) is 2.92. The van der Waals surface area contributed by atoms with E-state index in [-0.39, 0.29) is 11.7 Å². The van der Waals surface area contributed by atoms with Gasteiger partial charge in [-0.15, -0.1) is 16.8 Å². The van der Waals surface area contributed by atoms with Crippen LogP contribution in [0.2, 0.25) is 5.02 Å². The molecule has 7 heteroatoms. The van der Waals surface area contributed by atoms with Gasteiger partial charge in [0.05, 0.1) is 16.3 Å². The Morgan fingerprint density at radius 2 is 2.25 bits per heavy atom. The summed E-state index contributed by atoms with van der Waals surface area (Å²) in [5.41, 5.74) is 0.671. The molecule has 0 atom stereocenters. The standard InChI is InChI=1S/C13H12ClN3O2S/c1-2-7-15-11(18)8-20-13-17-16-12(19-13)9-5-3-4-6-10(9)14/h2-6H,1,7-8H2,(H,15,18). The van der Waals surface area contributed by atoms with Crippen molar-refractivity contribution in [2.75, 3.05) is 12.3 Å². The molecule has 0 unspecified atom stereocenters. The Labute approximate surface area is 125 Å². The number of halogens is 1. The first-order chi connectivity index (χ1) is 9.70. The first-order valence-electron chi connectivity index (χ1n) is 5.79. The molecule has 1 amide bonds. The van der Waals surface area contributed by atoms with Gasteiger partial charge in [-0.3, -0.25) is 4.79 Å². The van der Waals surface area contributed by atoms with E-state index in [2.05, 4.69) is 22.1 Å². The third-order valence-electron chi connectivity index (χ3n) is 2.28. The minimum atomic E-state index is -0.118. The maximum absolute atomic E-state index is 11.4. The number of carbonyl (C=O) groups is 1. The van der Waals surface area contributed by atoms with Gasteiger partial charge in [0.15, 0.2) is 0 Å². The van der Waals surface area contributed by atoms with Gasteiger partial charge in [-0.1, -0.05) is 41.6 Å². The lowest BCUT2D eigenvalue weighted by atomic mass is 10.2. The zero-order chi connectivity index (χ0) is 14.4. The lowest BCUT2D eigenvalue weighted by molar-refractivity contribution is -0.118. The van der Waals surface area contributed by atoms with Gasteiger partial charge >= 0.3 is 0 Å². The van der Waals surface area contributed by atoms with E-state index in [1.54, 1.807) is 18.2 Å². The summed E-state index contributed by atoms with van der Waals surface area (Å²) in [5, 5.41) is 11.3. The Morgan fingerprint density at radius 1 is 1.45 bits per heavy atom. The molecule has 1 heterocycles. The number of thioether (sulfide) groups is 1. The van der Waals surface area contributed by atoms with E-state index in [1.165, 1.54) is 11.8 Å². The quantitative estimate of drug-likeness (QED) is 0.656. The molecule has 2 aromatic rings. The molecule has 1 aromatic heterocycles. The minimum Gasteiger partial charge on any atom is -0.411 e. The van der Waals surface area contributed by atoms with E-state index in [4.69, 9.17) is 16.0 Å². The Kier molecular flexibility index (Phi) is 5.20. The number of rotatable bonds is 6. The second-order valence-corrected chi connectivity index (χ2v) is 5.07. The van der Waals surface area contributed by atoms with Crippen molar-refractivity contribution in [3.05, 3.63) is 41.9 Å². The zero-order valence-corrected chi connectivity index (χ0v) is 12.1. The predicted molar refractivity (Wildman–Crippen MR) is 78.7 cm³/mol. The number of benzene rings is 1. The van der Waals surface area contributed by atoms with Crippen LogP contribution in [0.3, 0.4) is 0 Å². The van der Waals surface area contributed by atoms with Crippen molar-refractivity contribution >= 4 is 29.3 Å². The van der Waals surface area contributed by atoms with Crippen LogP contribution in [0.15, 0.2) is 46.6 Å². The normalized spacial score (nSPS) is 10.2. The molecule has 0 aliphatic rings. The van der Waals surface area contributed by atoms with Gasteiger partial charge in [0.1, 0.15) is 0 Å². The van der Waals surface area contributed by atoms with E-state index in [9.17, 15) is 4.79 Å². The van der Waals surface area contributed by atoms with Gasteiger partial charge in [0.2, 0.25) is 11.8 Å². The molecule has 0 radical (unpaired) electrons. The van der Waals surface area contributed by atoms with Crippen LogP contribution in [-0.4, -0.2) is 28.4 Å². The lowest BCUT2D eigenvalue weighted by Crippen LogP contribution is -2.24. The van der Waals surface area contributed by atoms with Gasteiger partial charge in [-0.2, -0.15) is 0 Å². The van der Waals surface area contributed by atoms with Crippen molar-refractivity contribution < 1.29 is 9.21 Å². The summed E-state index contributed by atoms with van der Waals surface area (Å²) in [7, 11) is 0. The average molecular weight is 310 g/mol. The molecule has 20 heavy (non-hydrogen) atoms. The first kappa shape index (κ1) is 14.6. The van der Waals surface area contributed by atoms with Crippen LogP contribution in [0.1, 0.15) is 0 Å². The Bertz CT molecular complexity index is 615. The van der Waals surface area contributed by atoms with Crippen LogP contribution in [0.4, 0.5) is 0 Å². The number of nitrogens with one attached hydrogen (secondary N) is 1. The summed E-state index contributed by atoms with van der Waals surface area (Å²) >= 11 is 7.22. The smallest absolute Gasteiger partial charge is 0.277 e. The molecular weight excluding hydrogens is 298 g/mol. The Hall–Kier alpha value is -1.79. The molecule has 0 saturated heterocycles. The van der Waals surface area contributed by atoms with Gasteiger partial charge < -0.3 is 9.73 Å². The van der Waals surface area contributed by atoms with Crippen molar-refractivity contribution in [1.82, 2.24) is 15.5 Å². The third kappa shape index (κ3) is 3.85. The Balaban J connectivity index is 1.98. The molecule has 1 aromatic carbocycles. The van der Waals surface area contributed by atoms with E-state index in [1.807, 2.05) is 12.1 Å². The number of nitrogens with zero attached hydrogens (tertiary/aromatic N) is 2.